The third-order valence-electron chi connectivity index (χ3n) is 9.20. The highest BCUT2D eigenvalue weighted by molar-refractivity contribution is 5.91. The fraction of sp³-hybridized carbons (Fsp3) is 0.375. The number of nitrogens with two attached hydrogens (primary N) is 1. The molecule has 4 amide bonds. The minimum Gasteiger partial charge on any atom is -0.361 e. The molecule has 13 heteroatoms. The first-order chi connectivity index (χ1) is 25.9. The number of carbonyl (C=O) groups excluding carboxylic acids is 4. The summed E-state index contributed by atoms with van der Waals surface area (Å²) in [5.74, 6) is -1.24. The molecule has 6 N–H and O–H groups in total. The number of para-hydroxylation sites is 2. The molecular weight excluding hydrogens is 670 g/mol. The molecule has 0 saturated carbocycles. The summed E-state index contributed by atoms with van der Waals surface area (Å²) in [5, 5.41) is 8.12. The molecule has 0 spiro atoms. The van der Waals surface area contributed by atoms with E-state index in [-0.39, 0.29) is 62.9 Å². The summed E-state index contributed by atoms with van der Waals surface area (Å²) in [5.41, 5.74) is 10.4. The van der Waals surface area contributed by atoms with E-state index in [1.54, 1.807) is 23.4 Å². The summed E-state index contributed by atoms with van der Waals surface area (Å²) in [6.45, 7) is 3.64. The number of nitrogens with one attached hydrogen (secondary N) is 4. The van der Waals surface area contributed by atoms with Gasteiger partial charge in [-0.1, -0.05) is 49.4 Å². The first-order valence-corrected chi connectivity index (χ1v) is 18.4. The fourth-order valence-electron chi connectivity index (χ4n) is 6.27. The minimum absolute atomic E-state index is 0.0528. The van der Waals surface area contributed by atoms with Crippen LogP contribution in [0.25, 0.3) is 21.8 Å². The van der Waals surface area contributed by atoms with E-state index in [4.69, 9.17) is 5.73 Å². The summed E-state index contributed by atoms with van der Waals surface area (Å²) in [6, 6.07) is 19.5. The quantitative estimate of drug-likeness (QED) is 0.0725. The van der Waals surface area contributed by atoms with Crippen molar-refractivity contribution < 1.29 is 19.2 Å². The van der Waals surface area contributed by atoms with Crippen molar-refractivity contribution in [2.45, 2.75) is 39.2 Å². The second kappa shape index (κ2) is 19.9. The van der Waals surface area contributed by atoms with Gasteiger partial charge >= 0.3 is 0 Å². The monoisotopic (exact) mass is 721 g/mol. The number of hydrogen-bond donors (Lipinski definition) is 5. The second-order valence-electron chi connectivity index (χ2n) is 13.1. The van der Waals surface area contributed by atoms with Gasteiger partial charge in [-0.25, -0.2) is 0 Å². The minimum atomic E-state index is -0.386. The number of pyridine rings is 1. The molecule has 0 radical (unpaired) electrons. The van der Waals surface area contributed by atoms with E-state index in [0.29, 0.717) is 39.0 Å². The molecule has 3 aromatic heterocycles. The molecule has 0 bridgehead atoms. The highest BCUT2D eigenvalue weighted by Crippen LogP contribution is 2.20. The van der Waals surface area contributed by atoms with Gasteiger partial charge in [-0.3, -0.25) is 24.2 Å². The zero-order chi connectivity index (χ0) is 37.4. The lowest BCUT2D eigenvalue weighted by atomic mass is 10.1. The van der Waals surface area contributed by atoms with Crippen LogP contribution in [0, 0.1) is 0 Å². The molecular formula is C40H51N9O4. The van der Waals surface area contributed by atoms with Crippen molar-refractivity contribution in [3.63, 3.8) is 0 Å². The third kappa shape index (κ3) is 11.2. The highest BCUT2D eigenvalue weighted by Gasteiger charge is 2.26. The molecule has 0 aliphatic rings. The Morgan fingerprint density at radius 3 is 1.94 bits per heavy atom. The fourth-order valence-corrected chi connectivity index (χ4v) is 6.27. The molecule has 0 aliphatic carbocycles. The maximum absolute atomic E-state index is 14.2. The van der Waals surface area contributed by atoms with Gasteiger partial charge in [-0.15, -0.1) is 0 Å². The van der Waals surface area contributed by atoms with Gasteiger partial charge in [0.05, 0.1) is 19.6 Å². The number of nitrogens with zero attached hydrogens (tertiary/aromatic N) is 4. The largest absolute Gasteiger partial charge is 0.361 e. The average Bonchev–Trinajstić information content (AvgIpc) is 3.79. The molecule has 0 unspecified atom stereocenters. The molecule has 5 rings (SSSR count). The van der Waals surface area contributed by atoms with Gasteiger partial charge in [-0.2, -0.15) is 0 Å². The number of H-pyrrole nitrogens is 2. The Balaban J connectivity index is 1.35. The van der Waals surface area contributed by atoms with Crippen molar-refractivity contribution in [3.05, 3.63) is 102 Å². The Morgan fingerprint density at radius 1 is 0.736 bits per heavy atom. The zero-order valence-corrected chi connectivity index (χ0v) is 30.5. The standard InChI is InChI=1S/C40H51N9O4/c1-2-17-44-37(50)27-47(20-14-31-23-45-35-12-5-3-10-33(31)35)39(52)29-49(26-30-9-7-18-42-22-30)40(53)28-48(38(51)25-43-19-8-16-41)21-15-32-24-46-36-13-6-4-11-34(32)36/h3-7,9-13,18,22-24,43,45-46H,2,8,14-17,19-21,25-29,41H2,1H3,(H,44,50). The summed E-state index contributed by atoms with van der Waals surface area (Å²) in [6.07, 6.45) is 9.68. The van der Waals surface area contributed by atoms with Crippen molar-refractivity contribution in [1.82, 2.24) is 40.3 Å². The van der Waals surface area contributed by atoms with Crippen molar-refractivity contribution in [3.8, 4) is 0 Å². The predicted molar refractivity (Wildman–Crippen MR) is 207 cm³/mol. The van der Waals surface area contributed by atoms with Crippen LogP contribution in [0.2, 0.25) is 0 Å². The topological polar surface area (TPSA) is 173 Å². The summed E-state index contributed by atoms with van der Waals surface area (Å²) >= 11 is 0. The van der Waals surface area contributed by atoms with E-state index in [9.17, 15) is 19.2 Å². The van der Waals surface area contributed by atoms with Gasteiger partial charge in [0.1, 0.15) is 6.54 Å². The number of amides is 4. The number of carbonyl (C=O) groups is 4. The summed E-state index contributed by atoms with van der Waals surface area (Å²) in [7, 11) is 0. The Bertz CT molecular complexity index is 1940. The summed E-state index contributed by atoms with van der Waals surface area (Å²) in [4.78, 5) is 70.2. The molecule has 0 fully saturated rings. The maximum atomic E-state index is 14.2. The van der Waals surface area contributed by atoms with Crippen LogP contribution in [0.4, 0.5) is 0 Å². The lowest BCUT2D eigenvalue weighted by molar-refractivity contribution is -0.145. The Labute approximate surface area is 310 Å². The van der Waals surface area contributed by atoms with E-state index < -0.39 is 0 Å². The van der Waals surface area contributed by atoms with Crippen LogP contribution in [-0.4, -0.2) is 112 Å². The van der Waals surface area contributed by atoms with Crippen molar-refractivity contribution in [2.24, 2.45) is 5.73 Å². The van der Waals surface area contributed by atoms with Crippen molar-refractivity contribution >= 4 is 45.4 Å². The first-order valence-electron chi connectivity index (χ1n) is 18.4. The number of rotatable bonds is 21. The maximum Gasteiger partial charge on any atom is 0.242 e. The third-order valence-corrected chi connectivity index (χ3v) is 9.20. The number of hydrogen-bond acceptors (Lipinski definition) is 7. The molecule has 280 valence electrons. The molecule has 13 nitrogen and oxygen atoms in total. The first kappa shape index (κ1) is 38.7. The van der Waals surface area contributed by atoms with Gasteiger partial charge in [-0.05, 0) is 73.7 Å². The van der Waals surface area contributed by atoms with Crippen LogP contribution in [0.5, 0.6) is 0 Å². The highest BCUT2D eigenvalue weighted by atomic mass is 16.2. The van der Waals surface area contributed by atoms with Crippen LogP contribution >= 0.6 is 0 Å². The van der Waals surface area contributed by atoms with E-state index >= 15 is 0 Å². The number of benzene rings is 2. The van der Waals surface area contributed by atoms with E-state index in [1.807, 2.05) is 73.9 Å². The second-order valence-corrected chi connectivity index (χ2v) is 13.1. The SMILES string of the molecule is CCCNC(=O)CN(CCc1c[nH]c2ccccc12)C(=O)CN(Cc1cccnc1)C(=O)CN(CCc1c[nH]c2ccccc12)C(=O)CNCCCN. The van der Waals surface area contributed by atoms with Crippen LogP contribution in [0.3, 0.4) is 0 Å². The normalized spacial score (nSPS) is 11.1. The molecule has 2 aromatic carbocycles. The van der Waals surface area contributed by atoms with Gasteiger partial charge in [0.25, 0.3) is 0 Å². The van der Waals surface area contributed by atoms with E-state index in [0.717, 1.165) is 51.3 Å². The zero-order valence-electron chi connectivity index (χ0n) is 30.5. The van der Waals surface area contributed by atoms with E-state index in [2.05, 4.69) is 25.6 Å². The van der Waals surface area contributed by atoms with Crippen LogP contribution in [0.15, 0.2) is 85.5 Å². The van der Waals surface area contributed by atoms with Gasteiger partial charge in [0.2, 0.25) is 23.6 Å². The number of fused-ring (bicyclic) bond motifs is 2. The molecule has 0 saturated heterocycles. The smallest absolute Gasteiger partial charge is 0.242 e. The Morgan fingerprint density at radius 2 is 1.34 bits per heavy atom. The average molecular weight is 722 g/mol. The van der Waals surface area contributed by atoms with Gasteiger partial charge in [0, 0.05) is 72.8 Å². The predicted octanol–water partition coefficient (Wildman–Crippen LogP) is 2.98. The van der Waals surface area contributed by atoms with Crippen LogP contribution in [0.1, 0.15) is 36.5 Å². The van der Waals surface area contributed by atoms with Crippen molar-refractivity contribution in [1.29, 1.82) is 0 Å². The Hall–Kier alpha value is -5.53. The molecule has 0 atom stereocenters. The molecule has 0 aliphatic heterocycles. The lowest BCUT2D eigenvalue weighted by Gasteiger charge is -2.30. The Kier molecular flexibility index (Phi) is 14.5. The van der Waals surface area contributed by atoms with E-state index in [1.165, 1.54) is 9.80 Å². The van der Waals surface area contributed by atoms with Crippen LogP contribution in [-0.2, 0) is 38.6 Å². The van der Waals surface area contributed by atoms with Crippen LogP contribution < -0.4 is 16.4 Å². The molecule has 3 heterocycles. The molecule has 5 aromatic rings. The lowest BCUT2D eigenvalue weighted by Crippen LogP contribution is -2.50. The van der Waals surface area contributed by atoms with Gasteiger partial charge in [0.15, 0.2) is 0 Å². The number of aromatic amines is 2. The van der Waals surface area contributed by atoms with Gasteiger partial charge < -0.3 is 41.0 Å². The molecule has 53 heavy (non-hydrogen) atoms. The number of aromatic nitrogens is 3. The summed E-state index contributed by atoms with van der Waals surface area (Å²) < 4.78 is 0. The van der Waals surface area contributed by atoms with Crippen molar-refractivity contribution in [2.75, 3.05) is 58.9 Å².